The Morgan fingerprint density at radius 2 is 0.429 bits per heavy atom. The van der Waals surface area contributed by atoms with Crippen molar-refractivity contribution < 1.29 is 80.2 Å². The van der Waals surface area contributed by atoms with Gasteiger partial charge < -0.3 is 27.4 Å². The van der Waals surface area contributed by atoms with Crippen molar-refractivity contribution in [1.82, 2.24) is 0 Å². The van der Waals surface area contributed by atoms with Crippen molar-refractivity contribution in [3.63, 3.8) is 0 Å². The molecule has 7 heteroatoms. The molecule has 0 aromatic rings. The van der Waals surface area contributed by atoms with E-state index in [1.54, 1.807) is 0 Å². The first kappa shape index (κ1) is 200. The zero-order chi connectivity index (χ0) is 0. The Morgan fingerprint density at radius 1 is 0.429 bits per heavy atom. The van der Waals surface area contributed by atoms with Crippen LogP contribution in [0.5, 0.6) is 0 Å². The topological polar surface area (TPSA) is 142 Å². The van der Waals surface area contributed by atoms with Gasteiger partial charge in [-0.3, -0.25) is 0 Å². The summed E-state index contributed by atoms with van der Waals surface area (Å²) in [5.41, 5.74) is 0. The molecule has 0 aliphatic rings. The average Bonchev–Trinajstić information content (AvgIpc) is 0. The predicted molar refractivity (Wildman–Crippen MR) is 3.43 cm³/mol. The van der Waals surface area contributed by atoms with Crippen molar-refractivity contribution in [3.05, 3.63) is 0 Å². The Morgan fingerprint density at radius 3 is 0.429 bits per heavy atom. The molecule has 0 atom stereocenters. The predicted octanol–water partition coefficient (Wildman–Crippen LogP) is -0.596. The van der Waals surface area contributed by atoms with Crippen LogP contribution in [0.25, 0.3) is 0 Å². The van der Waals surface area contributed by atoms with Crippen LogP contribution in [-0.4, -0.2) is 0 Å². The Bertz CT molecular complexity index is 8.04. The molecule has 0 aromatic carbocycles. The van der Waals surface area contributed by atoms with E-state index in [-0.39, 0.29) is 80.2 Å². The minimum absolute atomic E-state index is 0. The van der Waals surface area contributed by atoms with Crippen molar-refractivity contribution in [1.29, 1.82) is 0 Å². The largest absolute Gasteiger partial charge is 4.00 e. The molecule has 0 unspecified atom stereocenters. The van der Waals surface area contributed by atoms with Gasteiger partial charge in [-0.15, -0.1) is 0 Å². The van der Waals surface area contributed by atoms with Gasteiger partial charge in [-0.25, -0.2) is 0 Å². The van der Waals surface area contributed by atoms with Crippen LogP contribution < -0.4 is 0 Å². The van der Waals surface area contributed by atoms with Crippen molar-refractivity contribution >= 4 is 0 Å². The molecule has 0 fully saturated rings. The molecule has 0 rings (SSSR count). The molecular weight excluding hydrogens is 366 g/mol. The summed E-state index contributed by atoms with van der Waals surface area (Å²) in [5.74, 6) is 0. The summed E-state index contributed by atoms with van der Waals surface area (Å²) < 4.78 is 0. The minimum atomic E-state index is 0. The van der Waals surface area contributed by atoms with E-state index in [0.717, 1.165) is 0 Å². The van der Waals surface area contributed by atoms with Crippen LogP contribution >= 0.6 is 0 Å². The second-order valence-electron chi connectivity index (χ2n) is 0. The van der Waals surface area contributed by atoms with Gasteiger partial charge in [-0.05, 0) is 0 Å². The Balaban J connectivity index is 0. The van der Waals surface area contributed by atoms with E-state index in [2.05, 4.69) is 0 Å². The molecule has 0 aromatic heterocycles. The summed E-state index contributed by atoms with van der Waals surface area (Å²) in [7, 11) is 0. The molecule has 0 aliphatic carbocycles. The summed E-state index contributed by atoms with van der Waals surface area (Å²) in [5, 5.41) is 0. The van der Waals surface area contributed by atoms with Crippen molar-refractivity contribution in [2.24, 2.45) is 0 Å². The van der Waals surface area contributed by atoms with E-state index in [0.29, 0.717) is 0 Å². The first-order valence-electron chi connectivity index (χ1n) is 0. The molecule has 5 nitrogen and oxygen atoms in total. The van der Waals surface area contributed by atoms with Crippen LogP contribution in [-0.2, 0) is 49.1 Å². The first-order chi connectivity index (χ1) is 0. The van der Waals surface area contributed by atoms with Crippen LogP contribution in [0.4, 0.5) is 0 Å². The molecule has 44 valence electrons. The third-order valence-electron chi connectivity index (χ3n) is 0. The summed E-state index contributed by atoms with van der Waals surface area (Å²) in [6, 6.07) is 0. The average molecular weight is 366 g/mol. The zero-order valence-corrected chi connectivity index (χ0v) is 8.77. The molecule has 0 amide bonds. The fourth-order valence-corrected chi connectivity index (χ4v) is 0. The smallest absolute Gasteiger partial charge is 2.00 e. The Kier molecular flexibility index (Phi) is 3800. The molecule has 0 aliphatic heterocycles. The maximum Gasteiger partial charge on any atom is 4.00 e. The Labute approximate surface area is 79.7 Å². The van der Waals surface area contributed by atoms with E-state index in [9.17, 15) is 0 Å². The summed E-state index contributed by atoms with van der Waals surface area (Å²) in [4.78, 5) is 0. The van der Waals surface area contributed by atoms with Gasteiger partial charge in [0, 0.05) is 31.1 Å². The van der Waals surface area contributed by atoms with E-state index in [4.69, 9.17) is 0 Å². The van der Waals surface area contributed by atoms with Gasteiger partial charge in [0.15, 0.2) is 0 Å². The van der Waals surface area contributed by atoms with Crippen molar-refractivity contribution in [2.75, 3.05) is 0 Å². The minimum Gasteiger partial charge on any atom is -2.00 e. The van der Waals surface area contributed by atoms with Crippen LogP contribution in [0.15, 0.2) is 0 Å². The molecule has 0 saturated carbocycles. The molecule has 0 heterocycles. The monoisotopic (exact) mass is 366 g/mol. The van der Waals surface area contributed by atoms with Gasteiger partial charge >= 0.3 is 21.7 Å². The van der Waals surface area contributed by atoms with Gasteiger partial charge in [0.05, 0.1) is 0 Å². The molecule has 0 bridgehead atoms. The fraction of sp³-hybridized carbons (Fsp3) is 0. The fourth-order valence-electron chi connectivity index (χ4n) is 0. The summed E-state index contributed by atoms with van der Waals surface area (Å²) >= 11 is 0. The van der Waals surface area contributed by atoms with Crippen molar-refractivity contribution in [3.8, 4) is 0 Å². The first-order valence-corrected chi connectivity index (χ1v) is 0. The normalized spacial score (nSPS) is 0. The molecular formula is O5TiU-6. The van der Waals surface area contributed by atoms with E-state index in [1.807, 2.05) is 0 Å². The maximum atomic E-state index is 0. The van der Waals surface area contributed by atoms with Gasteiger partial charge in [0.1, 0.15) is 0 Å². The van der Waals surface area contributed by atoms with Crippen LogP contribution in [0, 0.1) is 31.1 Å². The van der Waals surface area contributed by atoms with Crippen LogP contribution in [0.1, 0.15) is 0 Å². The molecule has 0 spiro atoms. The molecule has 0 saturated heterocycles. The molecule has 0 N–H and O–H groups in total. The summed E-state index contributed by atoms with van der Waals surface area (Å²) in [6.07, 6.45) is 0. The number of hydrogen-bond acceptors (Lipinski definition) is 0. The standard InChI is InChI=1S/5O.Ti.U/q5*-2;+4;. The van der Waals surface area contributed by atoms with Crippen molar-refractivity contribution in [2.45, 2.75) is 0 Å². The van der Waals surface area contributed by atoms with E-state index < -0.39 is 0 Å². The second-order valence-corrected chi connectivity index (χ2v) is 0. The van der Waals surface area contributed by atoms with Gasteiger partial charge in [-0.2, -0.15) is 0 Å². The second kappa shape index (κ2) is 133. The van der Waals surface area contributed by atoms with Gasteiger partial charge in [0.25, 0.3) is 0 Å². The van der Waals surface area contributed by atoms with Gasteiger partial charge in [0.2, 0.25) is 0 Å². The third kappa shape index (κ3) is 95.6. The van der Waals surface area contributed by atoms with E-state index in [1.165, 1.54) is 0 Å². The number of rotatable bonds is 0. The van der Waals surface area contributed by atoms with E-state index >= 15 is 0 Å². The third-order valence-corrected chi connectivity index (χ3v) is 0. The zero-order valence-electron chi connectivity index (χ0n) is 3.04. The quantitative estimate of drug-likeness (QED) is 0.505. The van der Waals surface area contributed by atoms with Gasteiger partial charge in [-0.1, -0.05) is 0 Å². The maximum absolute atomic E-state index is 0. The summed E-state index contributed by atoms with van der Waals surface area (Å²) in [6.45, 7) is 0. The molecule has 7 heavy (non-hydrogen) atoms. The van der Waals surface area contributed by atoms with Crippen LogP contribution in [0.2, 0.25) is 0 Å². The number of hydrogen-bond donors (Lipinski definition) is 0. The Hall–Kier alpha value is 1.57. The SMILES string of the molecule is [O-2].[O-2].[O-2].[O-2].[O-2].[Ti+4].[U]. The van der Waals surface area contributed by atoms with Crippen LogP contribution in [0.3, 0.4) is 0 Å². The molecule has 0 radical (unpaired) electrons.